The maximum atomic E-state index is 11.8. The van der Waals surface area contributed by atoms with E-state index >= 15 is 0 Å². The van der Waals surface area contributed by atoms with Gasteiger partial charge in [-0.3, -0.25) is 4.72 Å². The third-order valence-electron chi connectivity index (χ3n) is 4.51. The van der Waals surface area contributed by atoms with Gasteiger partial charge in [0.2, 0.25) is 21.7 Å². The van der Waals surface area contributed by atoms with E-state index in [-0.39, 0.29) is 0 Å². The zero-order valence-corrected chi connectivity index (χ0v) is 18.8. The normalized spacial score (nSPS) is 12.0. The second-order valence-electron chi connectivity index (χ2n) is 7.62. The molecule has 168 valence electrons. The van der Waals surface area contributed by atoms with Crippen LogP contribution in [0.3, 0.4) is 0 Å². The Balaban J connectivity index is 1.65. The van der Waals surface area contributed by atoms with Crippen LogP contribution in [-0.4, -0.2) is 71.5 Å². The number of hydrogen-bond donors (Lipinski definition) is 2. The van der Waals surface area contributed by atoms with Crippen molar-refractivity contribution in [1.82, 2.24) is 35.0 Å². The first-order valence-corrected chi connectivity index (χ1v) is 11.8. The van der Waals surface area contributed by atoms with Crippen LogP contribution >= 0.6 is 0 Å². The smallest absolute Gasteiger partial charge is 0.240 e. The van der Waals surface area contributed by atoms with Gasteiger partial charge < -0.3 is 14.7 Å². The minimum absolute atomic E-state index is 0.356. The molecule has 0 saturated carbocycles. The van der Waals surface area contributed by atoms with Gasteiger partial charge in [-0.2, -0.15) is 10.1 Å². The minimum atomic E-state index is -3.48. The molecule has 0 radical (unpaired) electrons. The van der Waals surface area contributed by atoms with Crippen LogP contribution in [0, 0.1) is 0 Å². The summed E-state index contributed by atoms with van der Waals surface area (Å²) in [5.41, 5.74) is 2.98. The molecule has 0 fully saturated rings. The monoisotopic (exact) mass is 456 g/mol. The fraction of sp³-hybridized carbons (Fsp3) is 0.300. The Morgan fingerprint density at radius 2 is 1.97 bits per heavy atom. The van der Waals surface area contributed by atoms with Gasteiger partial charge in [-0.25, -0.2) is 17.9 Å². The number of hydrogen-bond acceptors (Lipinski definition) is 9. The van der Waals surface area contributed by atoms with E-state index in [2.05, 4.69) is 35.2 Å². The molecule has 3 aromatic heterocycles. The van der Waals surface area contributed by atoms with E-state index in [0.717, 1.165) is 19.3 Å². The summed E-state index contributed by atoms with van der Waals surface area (Å²) < 4.78 is 33.2. The lowest BCUT2D eigenvalue weighted by Crippen LogP contribution is -2.26. The first-order valence-electron chi connectivity index (χ1n) is 9.89. The average molecular weight is 457 g/mol. The molecular formula is C20H24N8O3S. The van der Waals surface area contributed by atoms with Crippen LogP contribution in [0.5, 0.6) is 0 Å². The number of anilines is 1. The van der Waals surface area contributed by atoms with Gasteiger partial charge in [-0.15, -0.1) is 0 Å². The van der Waals surface area contributed by atoms with E-state index in [1.54, 1.807) is 35.1 Å². The molecule has 32 heavy (non-hydrogen) atoms. The lowest BCUT2D eigenvalue weighted by atomic mass is 10.1. The number of rotatable bonds is 9. The average Bonchev–Trinajstić information content (AvgIpc) is 3.36. The number of sulfonamides is 1. The van der Waals surface area contributed by atoms with Crippen molar-refractivity contribution in [1.29, 1.82) is 0 Å². The summed E-state index contributed by atoms with van der Waals surface area (Å²) in [5, 5.41) is 11.5. The summed E-state index contributed by atoms with van der Waals surface area (Å²) in [4.78, 5) is 11.1. The van der Waals surface area contributed by atoms with E-state index in [4.69, 9.17) is 4.52 Å². The van der Waals surface area contributed by atoms with Crippen molar-refractivity contribution in [3.05, 3.63) is 48.6 Å². The van der Waals surface area contributed by atoms with Crippen LogP contribution in [0.25, 0.3) is 28.3 Å². The Morgan fingerprint density at radius 1 is 1.16 bits per heavy atom. The lowest BCUT2D eigenvalue weighted by Gasteiger charge is -2.08. The summed E-state index contributed by atoms with van der Waals surface area (Å²) in [6.45, 7) is 2.11. The van der Waals surface area contributed by atoms with Gasteiger partial charge in [-0.05, 0) is 44.4 Å². The van der Waals surface area contributed by atoms with Crippen molar-refractivity contribution in [3.63, 3.8) is 0 Å². The van der Waals surface area contributed by atoms with Crippen molar-refractivity contribution >= 4 is 21.4 Å². The van der Waals surface area contributed by atoms with Crippen LogP contribution in [0.4, 0.5) is 5.69 Å². The van der Waals surface area contributed by atoms with Crippen molar-refractivity contribution in [3.8, 4) is 22.6 Å². The number of benzene rings is 1. The first-order chi connectivity index (χ1) is 15.3. The van der Waals surface area contributed by atoms with Crippen LogP contribution in [-0.2, 0) is 16.6 Å². The van der Waals surface area contributed by atoms with E-state index in [0.29, 0.717) is 46.4 Å². The van der Waals surface area contributed by atoms with Gasteiger partial charge in [0, 0.05) is 36.1 Å². The van der Waals surface area contributed by atoms with Gasteiger partial charge in [-0.1, -0.05) is 5.16 Å². The van der Waals surface area contributed by atoms with Gasteiger partial charge in [0.25, 0.3) is 0 Å². The fourth-order valence-electron chi connectivity index (χ4n) is 3.09. The second kappa shape index (κ2) is 9.02. The molecule has 0 bridgehead atoms. The summed E-state index contributed by atoms with van der Waals surface area (Å²) in [6.07, 6.45) is 4.54. The molecule has 2 N–H and O–H groups in total. The molecule has 11 nitrogen and oxygen atoms in total. The fourth-order valence-corrected chi connectivity index (χ4v) is 3.64. The molecule has 1 aromatic carbocycles. The molecule has 0 amide bonds. The van der Waals surface area contributed by atoms with E-state index in [9.17, 15) is 8.42 Å². The zero-order chi connectivity index (χ0) is 22.7. The van der Waals surface area contributed by atoms with Crippen LogP contribution in [0.1, 0.15) is 5.89 Å². The van der Waals surface area contributed by atoms with Gasteiger partial charge in [0.05, 0.1) is 24.7 Å². The largest absolute Gasteiger partial charge is 0.338 e. The van der Waals surface area contributed by atoms with Gasteiger partial charge in [0.1, 0.15) is 0 Å². The Kier molecular flexibility index (Phi) is 6.17. The van der Waals surface area contributed by atoms with Crippen LogP contribution in [0.2, 0.25) is 0 Å². The highest BCUT2D eigenvalue weighted by molar-refractivity contribution is 7.92. The molecule has 0 unspecified atom stereocenters. The number of fused-ring (bicyclic) bond motifs is 1. The molecule has 0 saturated heterocycles. The summed E-state index contributed by atoms with van der Waals surface area (Å²) in [7, 11) is 0.519. The van der Waals surface area contributed by atoms with E-state index < -0.39 is 10.0 Å². The molecule has 0 spiro atoms. The maximum Gasteiger partial charge on any atom is 0.240 e. The van der Waals surface area contributed by atoms with Gasteiger partial charge >= 0.3 is 0 Å². The molecule has 0 aliphatic rings. The number of aromatic nitrogens is 5. The molecule has 12 heteroatoms. The topological polar surface area (TPSA) is 131 Å². The van der Waals surface area contributed by atoms with Crippen LogP contribution < -0.4 is 10.0 Å². The summed E-state index contributed by atoms with van der Waals surface area (Å²) in [6, 6.07) is 8.84. The standard InChI is InChI=1S/C20H24N8O3S/c1-27(2)8-7-21-12-19-24-20(25-31-19)15-9-14(10-16(11-15)26-32(3,29)30)17-13-28-18(23-17)5-4-6-22-28/h4-6,9-11,13,21,26H,7-8,12H2,1-3H3. The van der Waals surface area contributed by atoms with E-state index in [1.165, 1.54) is 0 Å². The Bertz CT molecular complexity index is 1300. The van der Waals surface area contributed by atoms with Crippen molar-refractivity contribution in [2.45, 2.75) is 6.54 Å². The Labute approximate surface area is 185 Å². The van der Waals surface area contributed by atoms with Crippen LogP contribution in [0.15, 0.2) is 47.2 Å². The lowest BCUT2D eigenvalue weighted by molar-refractivity contribution is 0.355. The third-order valence-corrected chi connectivity index (χ3v) is 5.11. The van der Waals surface area contributed by atoms with Crippen molar-refractivity contribution in [2.24, 2.45) is 0 Å². The number of nitrogens with zero attached hydrogens (tertiary/aromatic N) is 6. The molecule has 0 aliphatic carbocycles. The third kappa shape index (κ3) is 5.46. The zero-order valence-electron chi connectivity index (χ0n) is 18.0. The van der Waals surface area contributed by atoms with Crippen molar-refractivity contribution in [2.75, 3.05) is 38.2 Å². The predicted octanol–water partition coefficient (Wildman–Crippen LogP) is 1.47. The molecule has 4 aromatic rings. The Morgan fingerprint density at radius 3 is 2.72 bits per heavy atom. The highest BCUT2D eigenvalue weighted by Crippen LogP contribution is 2.29. The summed E-state index contributed by atoms with van der Waals surface area (Å²) >= 11 is 0. The highest BCUT2D eigenvalue weighted by atomic mass is 32.2. The molecule has 3 heterocycles. The summed E-state index contributed by atoms with van der Waals surface area (Å²) in [5.74, 6) is 0.799. The maximum absolute atomic E-state index is 11.8. The van der Waals surface area contributed by atoms with E-state index in [1.807, 2.05) is 26.2 Å². The Hall–Kier alpha value is -3.35. The molecule has 0 atom stereocenters. The second-order valence-corrected chi connectivity index (χ2v) is 9.37. The quantitative estimate of drug-likeness (QED) is 0.359. The number of likely N-dealkylation sites (N-methyl/N-ethyl adjacent to an activating group) is 1. The minimum Gasteiger partial charge on any atom is -0.338 e. The predicted molar refractivity (Wildman–Crippen MR) is 120 cm³/mol. The highest BCUT2D eigenvalue weighted by Gasteiger charge is 2.15. The SMILES string of the molecule is CN(C)CCNCc1nc(-c2cc(NS(C)(=O)=O)cc(-c3cn4ncccc4n3)c2)no1. The molecule has 0 aliphatic heterocycles. The number of imidazole rings is 1. The molecule has 4 rings (SSSR count). The van der Waals surface area contributed by atoms with Gasteiger partial charge in [0.15, 0.2) is 5.65 Å². The first kappa shape index (κ1) is 21.9. The molecular weight excluding hydrogens is 432 g/mol. The van der Waals surface area contributed by atoms with Crippen molar-refractivity contribution < 1.29 is 12.9 Å². The number of nitrogens with one attached hydrogen (secondary N) is 2.